The minimum atomic E-state index is -0.307. The predicted molar refractivity (Wildman–Crippen MR) is 132 cm³/mol. The van der Waals surface area contributed by atoms with Crippen LogP contribution in [-0.2, 0) is 0 Å². The molecular weight excluding hydrogens is 447 g/mol. The van der Waals surface area contributed by atoms with Crippen molar-refractivity contribution in [3.05, 3.63) is 83.7 Å². The molecule has 1 atom stereocenters. The molecule has 0 fully saturated rings. The lowest BCUT2D eigenvalue weighted by Crippen LogP contribution is -2.24. The smallest absolute Gasteiger partial charge is 0.257 e. The van der Waals surface area contributed by atoms with Crippen LogP contribution in [0.25, 0.3) is 16.9 Å². The van der Waals surface area contributed by atoms with Crippen LogP contribution in [-0.4, -0.2) is 51.8 Å². The van der Waals surface area contributed by atoms with Crippen LogP contribution < -0.4 is 10.1 Å². The highest BCUT2D eigenvalue weighted by molar-refractivity contribution is 5.99. The summed E-state index contributed by atoms with van der Waals surface area (Å²) in [4.78, 5) is 18.8. The Morgan fingerprint density at radius 2 is 1.86 bits per heavy atom. The van der Waals surface area contributed by atoms with Gasteiger partial charge in [-0.25, -0.2) is 9.37 Å². The van der Waals surface area contributed by atoms with Gasteiger partial charge in [0.05, 0.1) is 42.1 Å². The molecule has 0 unspecified atom stereocenters. The van der Waals surface area contributed by atoms with Gasteiger partial charge < -0.3 is 19.5 Å². The number of ether oxygens (including phenoxy) is 1. The maximum atomic E-state index is 13.3. The second-order valence-corrected chi connectivity index (χ2v) is 8.42. The minimum absolute atomic E-state index is 0.215. The van der Waals surface area contributed by atoms with E-state index in [9.17, 15) is 9.18 Å². The molecule has 2 heterocycles. The molecule has 180 valence electrons. The number of carbonyl (C=O) groups excluding carboxylic acids is 1. The first-order chi connectivity index (χ1) is 16.8. The number of aromatic nitrogens is 4. The Bertz CT molecular complexity index is 1350. The van der Waals surface area contributed by atoms with Crippen LogP contribution in [0.3, 0.4) is 0 Å². The van der Waals surface area contributed by atoms with Gasteiger partial charge in [0.15, 0.2) is 5.82 Å². The van der Waals surface area contributed by atoms with Gasteiger partial charge in [-0.15, -0.1) is 10.2 Å². The summed E-state index contributed by atoms with van der Waals surface area (Å²) in [6, 6.07) is 13.3. The first-order valence-electron chi connectivity index (χ1n) is 11.1. The number of methoxy groups -OCH3 is 1. The van der Waals surface area contributed by atoms with E-state index in [-0.39, 0.29) is 17.8 Å². The summed E-state index contributed by atoms with van der Waals surface area (Å²) in [5.74, 6) is 0.460. The van der Waals surface area contributed by atoms with Gasteiger partial charge in [-0.3, -0.25) is 4.79 Å². The van der Waals surface area contributed by atoms with Gasteiger partial charge in [-0.1, -0.05) is 18.2 Å². The topological polar surface area (TPSA) is 85.2 Å². The average Bonchev–Trinajstić information content (AvgIpc) is 3.29. The fourth-order valence-electron chi connectivity index (χ4n) is 3.69. The number of hydrogen-bond donors (Lipinski definition) is 1. The van der Waals surface area contributed by atoms with Gasteiger partial charge in [0.1, 0.15) is 11.6 Å². The van der Waals surface area contributed by atoms with Crippen molar-refractivity contribution in [2.75, 3.05) is 26.5 Å². The number of halogens is 1. The summed E-state index contributed by atoms with van der Waals surface area (Å²) >= 11 is 0. The van der Waals surface area contributed by atoms with Crippen LogP contribution in [0.1, 0.15) is 34.6 Å². The number of aryl methyl sites for hydroxylation is 1. The van der Waals surface area contributed by atoms with E-state index in [1.54, 1.807) is 45.7 Å². The Morgan fingerprint density at radius 1 is 1.11 bits per heavy atom. The number of amides is 1. The van der Waals surface area contributed by atoms with Crippen molar-refractivity contribution in [2.24, 2.45) is 0 Å². The maximum Gasteiger partial charge on any atom is 0.257 e. The molecule has 0 aliphatic carbocycles. The van der Waals surface area contributed by atoms with Crippen molar-refractivity contribution in [2.45, 2.75) is 19.9 Å². The SMILES string of the molecule is COc1cc(-c2cc(C(=O)N(C)C)c(N[C@@H](C)c3ccc(F)cc3)nn2)ccc1-n1cnc(C)c1. The molecule has 35 heavy (non-hydrogen) atoms. The summed E-state index contributed by atoms with van der Waals surface area (Å²) in [7, 11) is 4.96. The zero-order valence-electron chi connectivity index (χ0n) is 20.3. The van der Waals surface area contributed by atoms with Crippen LogP contribution >= 0.6 is 0 Å². The lowest BCUT2D eigenvalue weighted by Gasteiger charge is -2.19. The highest BCUT2D eigenvalue weighted by Crippen LogP contribution is 2.31. The first-order valence-corrected chi connectivity index (χ1v) is 11.1. The highest BCUT2D eigenvalue weighted by Gasteiger charge is 2.20. The predicted octanol–water partition coefficient (Wildman–Crippen LogP) is 4.66. The molecule has 0 aliphatic heterocycles. The lowest BCUT2D eigenvalue weighted by molar-refractivity contribution is 0.0828. The van der Waals surface area contributed by atoms with Crippen molar-refractivity contribution < 1.29 is 13.9 Å². The largest absolute Gasteiger partial charge is 0.495 e. The zero-order chi connectivity index (χ0) is 25.1. The third-order valence-electron chi connectivity index (χ3n) is 5.62. The van der Waals surface area contributed by atoms with Crippen molar-refractivity contribution >= 4 is 11.7 Å². The summed E-state index contributed by atoms with van der Waals surface area (Å²) in [6.07, 6.45) is 3.64. The van der Waals surface area contributed by atoms with Crippen LogP contribution in [0.4, 0.5) is 10.2 Å². The van der Waals surface area contributed by atoms with Crippen molar-refractivity contribution in [3.8, 4) is 22.7 Å². The molecule has 4 rings (SSSR count). The first kappa shape index (κ1) is 23.9. The molecule has 1 amide bonds. The van der Waals surface area contributed by atoms with Gasteiger partial charge in [-0.05, 0) is 49.7 Å². The molecule has 2 aromatic heterocycles. The normalized spacial score (nSPS) is 11.7. The number of imidazole rings is 1. The summed E-state index contributed by atoms with van der Waals surface area (Å²) in [5, 5.41) is 12.0. The fraction of sp³-hybridized carbons (Fsp3) is 0.231. The molecule has 4 aromatic rings. The number of anilines is 1. The van der Waals surface area contributed by atoms with Crippen LogP contribution in [0.5, 0.6) is 5.75 Å². The van der Waals surface area contributed by atoms with E-state index in [1.165, 1.54) is 17.0 Å². The van der Waals surface area contributed by atoms with Gasteiger partial charge in [-0.2, -0.15) is 0 Å². The van der Waals surface area contributed by atoms with E-state index in [1.807, 2.05) is 42.8 Å². The Balaban J connectivity index is 1.70. The van der Waals surface area contributed by atoms with Crippen LogP contribution in [0.15, 0.2) is 61.1 Å². The number of hydrogen-bond acceptors (Lipinski definition) is 6. The summed E-state index contributed by atoms with van der Waals surface area (Å²) in [6.45, 7) is 3.83. The molecule has 0 aliphatic rings. The number of nitrogens with one attached hydrogen (secondary N) is 1. The Morgan fingerprint density at radius 3 is 2.49 bits per heavy atom. The monoisotopic (exact) mass is 474 g/mol. The zero-order valence-corrected chi connectivity index (χ0v) is 20.3. The molecule has 0 radical (unpaired) electrons. The van der Waals surface area contributed by atoms with E-state index in [0.29, 0.717) is 22.8 Å². The van der Waals surface area contributed by atoms with Gasteiger partial charge in [0, 0.05) is 25.9 Å². The van der Waals surface area contributed by atoms with E-state index >= 15 is 0 Å². The molecule has 0 saturated heterocycles. The Labute approximate surface area is 203 Å². The molecule has 0 spiro atoms. The Hall–Kier alpha value is -4.27. The van der Waals surface area contributed by atoms with E-state index in [4.69, 9.17) is 4.74 Å². The molecule has 0 saturated carbocycles. The van der Waals surface area contributed by atoms with Crippen molar-refractivity contribution in [1.82, 2.24) is 24.6 Å². The molecule has 9 heteroatoms. The second-order valence-electron chi connectivity index (χ2n) is 8.42. The highest BCUT2D eigenvalue weighted by atomic mass is 19.1. The van der Waals surface area contributed by atoms with Crippen LogP contribution in [0.2, 0.25) is 0 Å². The standard InChI is InChI=1S/C26H27FN6O2/c1-16-14-33(15-28-16)23-11-8-19(12-24(23)35-5)22-13-21(26(34)32(3)4)25(31-30-22)29-17(2)18-6-9-20(27)10-7-18/h6-15,17H,1-5H3,(H,29,31)/t17-/m0/s1. The summed E-state index contributed by atoms with van der Waals surface area (Å²) in [5.41, 5.74) is 4.24. The summed E-state index contributed by atoms with van der Waals surface area (Å²) < 4.78 is 20.8. The fourth-order valence-corrected chi connectivity index (χ4v) is 3.69. The molecule has 2 aromatic carbocycles. The number of carbonyl (C=O) groups is 1. The number of rotatable bonds is 7. The maximum absolute atomic E-state index is 13.3. The quantitative estimate of drug-likeness (QED) is 0.419. The number of nitrogens with zero attached hydrogens (tertiary/aromatic N) is 5. The van der Waals surface area contributed by atoms with Gasteiger partial charge >= 0.3 is 0 Å². The van der Waals surface area contributed by atoms with Crippen molar-refractivity contribution in [3.63, 3.8) is 0 Å². The second kappa shape index (κ2) is 9.92. The molecule has 1 N–H and O–H groups in total. The van der Waals surface area contributed by atoms with Crippen LogP contribution in [0, 0.1) is 12.7 Å². The molecule has 8 nitrogen and oxygen atoms in total. The van der Waals surface area contributed by atoms with E-state index < -0.39 is 0 Å². The van der Waals surface area contributed by atoms with Gasteiger partial charge in [0.25, 0.3) is 5.91 Å². The minimum Gasteiger partial charge on any atom is -0.495 e. The molecular formula is C26H27FN6O2. The Kier molecular flexibility index (Phi) is 6.77. The van der Waals surface area contributed by atoms with E-state index in [2.05, 4.69) is 20.5 Å². The van der Waals surface area contributed by atoms with Crippen molar-refractivity contribution in [1.29, 1.82) is 0 Å². The third kappa shape index (κ3) is 5.13. The average molecular weight is 475 g/mol. The van der Waals surface area contributed by atoms with Gasteiger partial charge in [0.2, 0.25) is 0 Å². The molecule has 0 bridgehead atoms. The lowest BCUT2D eigenvalue weighted by atomic mass is 10.1. The van der Waals surface area contributed by atoms with E-state index in [0.717, 1.165) is 22.5 Å². The number of benzene rings is 2. The third-order valence-corrected chi connectivity index (χ3v) is 5.62.